The molecule has 0 radical (unpaired) electrons. The number of carbonyl (C=O) groups excluding carboxylic acids is 1. The molecule has 2 amide bonds. The van der Waals surface area contributed by atoms with E-state index in [9.17, 15) is 9.59 Å². The van der Waals surface area contributed by atoms with E-state index >= 15 is 0 Å². The van der Waals surface area contributed by atoms with E-state index in [-0.39, 0.29) is 19.5 Å². The Labute approximate surface area is 123 Å². The summed E-state index contributed by atoms with van der Waals surface area (Å²) in [6.07, 6.45) is 1.63. The monoisotopic (exact) mass is 287 g/mol. The quantitative estimate of drug-likeness (QED) is 0.778. The van der Waals surface area contributed by atoms with Gasteiger partial charge >= 0.3 is 12.0 Å². The Bertz CT molecular complexity index is 537. The van der Waals surface area contributed by atoms with Crippen LogP contribution in [0.3, 0.4) is 0 Å². The molecule has 0 aliphatic rings. The number of nitriles is 1. The zero-order chi connectivity index (χ0) is 15.7. The summed E-state index contributed by atoms with van der Waals surface area (Å²) < 4.78 is 0. The number of rotatable bonds is 7. The normalized spacial score (nSPS) is 9.48. The van der Waals surface area contributed by atoms with Crippen LogP contribution in [0.4, 0.5) is 10.5 Å². The number of amides is 2. The summed E-state index contributed by atoms with van der Waals surface area (Å²) in [6, 6.07) is 10.4. The van der Waals surface area contributed by atoms with E-state index < -0.39 is 18.5 Å². The molecule has 1 aromatic carbocycles. The lowest BCUT2D eigenvalue weighted by Crippen LogP contribution is -2.46. The molecule has 0 unspecified atom stereocenters. The highest BCUT2D eigenvalue weighted by molar-refractivity contribution is 5.93. The third kappa shape index (κ3) is 4.99. The molecule has 0 aliphatic carbocycles. The minimum Gasteiger partial charge on any atom is -0.480 e. The molecule has 0 spiro atoms. The standard InChI is InChI=1S/C15H17N3O3/c1-2-10-17(12-14(19)20)15(21)18(11-6-9-16)13-7-4-3-5-8-13/h2-5,7-8H,1,6,10-12H2,(H,19,20). The lowest BCUT2D eigenvalue weighted by Gasteiger charge is -2.28. The number of aliphatic carboxylic acids is 1. The van der Waals surface area contributed by atoms with E-state index in [1.807, 2.05) is 12.1 Å². The van der Waals surface area contributed by atoms with Crippen LogP contribution in [-0.2, 0) is 4.79 Å². The molecule has 0 saturated carbocycles. The first-order valence-electron chi connectivity index (χ1n) is 6.41. The lowest BCUT2D eigenvalue weighted by atomic mass is 10.2. The molecule has 0 fully saturated rings. The number of hydrogen-bond acceptors (Lipinski definition) is 3. The Balaban J connectivity index is 3.00. The number of anilines is 1. The molecule has 1 aromatic rings. The molecule has 6 nitrogen and oxygen atoms in total. The van der Waals surface area contributed by atoms with Gasteiger partial charge in [0.2, 0.25) is 0 Å². The van der Waals surface area contributed by atoms with Gasteiger partial charge in [0, 0.05) is 18.8 Å². The molecule has 0 aliphatic heterocycles. The molecule has 0 saturated heterocycles. The summed E-state index contributed by atoms with van der Waals surface area (Å²) in [5, 5.41) is 17.6. The Morgan fingerprint density at radius 1 is 1.33 bits per heavy atom. The highest BCUT2D eigenvalue weighted by atomic mass is 16.4. The minimum absolute atomic E-state index is 0.126. The van der Waals surface area contributed by atoms with Gasteiger partial charge in [0.25, 0.3) is 0 Å². The molecule has 1 N–H and O–H groups in total. The second-order valence-electron chi connectivity index (χ2n) is 4.24. The van der Waals surface area contributed by atoms with Crippen molar-refractivity contribution in [1.82, 2.24) is 4.90 Å². The maximum absolute atomic E-state index is 12.5. The number of carboxylic acids is 1. The van der Waals surface area contributed by atoms with E-state index in [1.54, 1.807) is 24.3 Å². The summed E-state index contributed by atoms with van der Waals surface area (Å²) in [4.78, 5) is 25.9. The topological polar surface area (TPSA) is 84.6 Å². The van der Waals surface area contributed by atoms with Crippen molar-refractivity contribution in [2.75, 3.05) is 24.5 Å². The fraction of sp³-hybridized carbons (Fsp3) is 0.267. The van der Waals surface area contributed by atoms with Crippen LogP contribution in [0.1, 0.15) is 6.42 Å². The van der Waals surface area contributed by atoms with Crippen LogP contribution in [0.5, 0.6) is 0 Å². The average molecular weight is 287 g/mol. The molecular formula is C15H17N3O3. The predicted molar refractivity (Wildman–Crippen MR) is 78.8 cm³/mol. The number of carbonyl (C=O) groups is 2. The highest BCUT2D eigenvalue weighted by Crippen LogP contribution is 2.16. The van der Waals surface area contributed by atoms with E-state index in [0.29, 0.717) is 5.69 Å². The summed E-state index contributed by atoms with van der Waals surface area (Å²) in [5.74, 6) is -1.10. The smallest absolute Gasteiger partial charge is 0.325 e. The maximum atomic E-state index is 12.5. The van der Waals surface area contributed by atoms with Crippen LogP contribution in [0.25, 0.3) is 0 Å². The number of urea groups is 1. The molecular weight excluding hydrogens is 270 g/mol. The van der Waals surface area contributed by atoms with Crippen LogP contribution >= 0.6 is 0 Å². The van der Waals surface area contributed by atoms with Crippen molar-refractivity contribution >= 4 is 17.7 Å². The minimum atomic E-state index is -1.10. The van der Waals surface area contributed by atoms with Gasteiger partial charge in [0.05, 0.1) is 12.5 Å². The van der Waals surface area contributed by atoms with Crippen LogP contribution in [-0.4, -0.2) is 41.6 Å². The van der Waals surface area contributed by atoms with Gasteiger partial charge in [0.15, 0.2) is 0 Å². The van der Waals surface area contributed by atoms with Gasteiger partial charge in [-0.2, -0.15) is 5.26 Å². The third-order valence-corrected chi connectivity index (χ3v) is 2.69. The van der Waals surface area contributed by atoms with Crippen molar-refractivity contribution in [3.8, 4) is 6.07 Å². The molecule has 0 atom stereocenters. The number of benzene rings is 1. The average Bonchev–Trinajstić information content (AvgIpc) is 2.47. The van der Waals surface area contributed by atoms with Crippen molar-refractivity contribution in [3.05, 3.63) is 43.0 Å². The molecule has 21 heavy (non-hydrogen) atoms. The number of para-hydroxylation sites is 1. The van der Waals surface area contributed by atoms with Gasteiger partial charge in [-0.25, -0.2) is 4.79 Å². The van der Waals surface area contributed by atoms with Gasteiger partial charge in [-0.3, -0.25) is 9.69 Å². The number of carboxylic acid groups (broad SMARTS) is 1. The van der Waals surface area contributed by atoms with Crippen molar-refractivity contribution in [2.24, 2.45) is 0 Å². The first kappa shape index (κ1) is 16.2. The van der Waals surface area contributed by atoms with E-state index in [2.05, 4.69) is 6.58 Å². The summed E-state index contributed by atoms with van der Waals surface area (Å²) in [5.41, 5.74) is 0.622. The second-order valence-corrected chi connectivity index (χ2v) is 4.24. The number of nitrogens with zero attached hydrogens (tertiary/aromatic N) is 3. The molecule has 0 aromatic heterocycles. The van der Waals surface area contributed by atoms with Gasteiger partial charge in [-0.05, 0) is 12.1 Å². The molecule has 110 valence electrons. The summed E-state index contributed by atoms with van der Waals surface area (Å²) in [7, 11) is 0. The zero-order valence-electron chi connectivity index (χ0n) is 11.6. The SMILES string of the molecule is C=CCN(CC(=O)O)C(=O)N(CCC#N)c1ccccc1. The van der Waals surface area contributed by atoms with Crippen LogP contribution in [0.15, 0.2) is 43.0 Å². The second kappa shape index (κ2) is 8.38. The molecule has 6 heteroatoms. The zero-order valence-corrected chi connectivity index (χ0v) is 11.6. The van der Waals surface area contributed by atoms with Gasteiger partial charge < -0.3 is 10.0 Å². The number of hydrogen-bond donors (Lipinski definition) is 1. The maximum Gasteiger partial charge on any atom is 0.325 e. The summed E-state index contributed by atoms with van der Waals surface area (Å²) >= 11 is 0. The first-order valence-corrected chi connectivity index (χ1v) is 6.41. The molecule has 0 bridgehead atoms. The van der Waals surface area contributed by atoms with Crippen molar-refractivity contribution < 1.29 is 14.7 Å². The van der Waals surface area contributed by atoms with Gasteiger partial charge in [-0.15, -0.1) is 6.58 Å². The Kier molecular flexibility index (Phi) is 6.48. The Morgan fingerprint density at radius 2 is 2.00 bits per heavy atom. The Hall–Kier alpha value is -2.81. The van der Waals surface area contributed by atoms with Crippen LogP contribution in [0, 0.1) is 11.3 Å². The van der Waals surface area contributed by atoms with Crippen molar-refractivity contribution in [1.29, 1.82) is 5.26 Å². The largest absolute Gasteiger partial charge is 0.480 e. The molecule has 0 heterocycles. The van der Waals surface area contributed by atoms with Crippen molar-refractivity contribution in [2.45, 2.75) is 6.42 Å². The predicted octanol–water partition coefficient (Wildman–Crippen LogP) is 2.10. The van der Waals surface area contributed by atoms with Gasteiger partial charge in [0.1, 0.15) is 6.54 Å². The van der Waals surface area contributed by atoms with Crippen molar-refractivity contribution in [3.63, 3.8) is 0 Å². The van der Waals surface area contributed by atoms with Crippen LogP contribution < -0.4 is 4.90 Å². The fourth-order valence-electron chi connectivity index (χ4n) is 1.81. The first-order chi connectivity index (χ1) is 10.1. The van der Waals surface area contributed by atoms with Crippen LogP contribution in [0.2, 0.25) is 0 Å². The third-order valence-electron chi connectivity index (χ3n) is 2.69. The highest BCUT2D eigenvalue weighted by Gasteiger charge is 2.23. The summed E-state index contributed by atoms with van der Waals surface area (Å²) in [6.45, 7) is 3.44. The lowest BCUT2D eigenvalue weighted by molar-refractivity contribution is -0.137. The molecule has 1 rings (SSSR count). The van der Waals surface area contributed by atoms with Gasteiger partial charge in [-0.1, -0.05) is 24.3 Å². The van der Waals surface area contributed by atoms with E-state index in [1.165, 1.54) is 15.9 Å². The van der Waals surface area contributed by atoms with E-state index in [0.717, 1.165) is 0 Å². The Morgan fingerprint density at radius 3 is 2.52 bits per heavy atom. The van der Waals surface area contributed by atoms with E-state index in [4.69, 9.17) is 10.4 Å². The fourth-order valence-corrected chi connectivity index (χ4v) is 1.81.